The number of hydrogen-bond donors (Lipinski definition) is 6. The molecule has 116 valence electrons. The third kappa shape index (κ3) is 1.03. The molecular weight excluding hydrogens is 286 g/mol. The van der Waals surface area contributed by atoms with E-state index < -0.39 is 60.3 Å². The molecule has 1 aliphatic carbocycles. The molecule has 7 bridgehead atoms. The molecule has 0 aromatic heterocycles. The lowest BCUT2D eigenvalue weighted by atomic mass is 9.56. The molecule has 0 aromatic rings. The standard InChI is InChI=1S/C11H15N3O7/c12-8-13-6-2-4-9(17,1-15)5-3(16)10(2,14-8)7(19-6)11(18,20-4)21-5/h2-7,15-18H,1H2,(H3,12,13,14)/t2-,3-,4+,5+,6-,7-,9-,10-,11-/m0/s1. The maximum Gasteiger partial charge on any atom is 0.311 e. The fraction of sp³-hybridized carbons (Fsp3) is 0.909. The monoisotopic (exact) mass is 301 g/mol. The quantitative estimate of drug-likeness (QED) is 0.281. The molecule has 6 aliphatic rings. The Bertz CT molecular complexity index is 574. The van der Waals surface area contributed by atoms with Crippen LogP contribution in [0.2, 0.25) is 0 Å². The minimum absolute atomic E-state index is 0.0795. The van der Waals surface area contributed by atoms with Crippen LogP contribution in [-0.4, -0.2) is 80.7 Å². The van der Waals surface area contributed by atoms with Crippen molar-refractivity contribution >= 4 is 5.96 Å². The molecule has 10 heteroatoms. The van der Waals surface area contributed by atoms with E-state index in [-0.39, 0.29) is 5.96 Å². The summed E-state index contributed by atoms with van der Waals surface area (Å²) in [5, 5.41) is 44.4. The summed E-state index contributed by atoms with van der Waals surface area (Å²) >= 11 is 0. The highest BCUT2D eigenvalue weighted by Crippen LogP contribution is 2.63. The van der Waals surface area contributed by atoms with Gasteiger partial charge in [-0.15, -0.1) is 0 Å². The molecule has 1 spiro atoms. The van der Waals surface area contributed by atoms with E-state index in [4.69, 9.17) is 19.9 Å². The van der Waals surface area contributed by atoms with Crippen LogP contribution in [0.1, 0.15) is 0 Å². The molecule has 10 nitrogen and oxygen atoms in total. The Morgan fingerprint density at radius 1 is 1.29 bits per heavy atom. The molecule has 7 N–H and O–H groups in total. The van der Waals surface area contributed by atoms with E-state index in [1.165, 1.54) is 0 Å². The van der Waals surface area contributed by atoms with Crippen LogP contribution in [-0.2, 0) is 14.2 Å². The number of nitrogens with zero attached hydrogens (tertiary/aromatic N) is 1. The zero-order valence-corrected chi connectivity index (χ0v) is 10.7. The van der Waals surface area contributed by atoms with Gasteiger partial charge in [0.25, 0.3) is 0 Å². The van der Waals surface area contributed by atoms with Crippen molar-refractivity contribution in [2.75, 3.05) is 6.61 Å². The Morgan fingerprint density at radius 2 is 2.00 bits per heavy atom. The summed E-state index contributed by atoms with van der Waals surface area (Å²) in [4.78, 5) is 4.09. The summed E-state index contributed by atoms with van der Waals surface area (Å²) in [6.07, 6.45) is -5.35. The zero-order valence-electron chi connectivity index (χ0n) is 10.7. The Balaban J connectivity index is 1.77. The van der Waals surface area contributed by atoms with Crippen molar-refractivity contribution in [3.8, 4) is 0 Å². The van der Waals surface area contributed by atoms with E-state index >= 15 is 0 Å². The first-order valence-corrected chi connectivity index (χ1v) is 6.73. The maximum absolute atomic E-state index is 10.7. The highest BCUT2D eigenvalue weighted by Gasteiger charge is 2.86. The molecule has 0 unspecified atom stereocenters. The molecule has 4 saturated heterocycles. The second-order valence-electron chi connectivity index (χ2n) is 6.31. The van der Waals surface area contributed by atoms with E-state index in [0.29, 0.717) is 0 Å². The van der Waals surface area contributed by atoms with E-state index in [1.807, 2.05) is 0 Å². The summed E-state index contributed by atoms with van der Waals surface area (Å²) in [7, 11) is 0. The Kier molecular flexibility index (Phi) is 1.89. The number of aliphatic hydroxyl groups is 4. The second kappa shape index (κ2) is 3.18. The average molecular weight is 301 g/mol. The molecule has 1 saturated carbocycles. The molecule has 9 atom stereocenters. The Labute approximate surface area is 118 Å². The summed E-state index contributed by atoms with van der Waals surface area (Å²) in [5.41, 5.74) is 2.70. The predicted octanol–water partition coefficient (Wildman–Crippen LogP) is -4.47. The smallest absolute Gasteiger partial charge is 0.311 e. The molecule has 0 aromatic carbocycles. The third-order valence-electron chi connectivity index (χ3n) is 5.44. The van der Waals surface area contributed by atoms with E-state index in [2.05, 4.69) is 10.3 Å². The van der Waals surface area contributed by atoms with Crippen LogP contribution in [0.3, 0.4) is 0 Å². The van der Waals surface area contributed by atoms with Gasteiger partial charge in [0.05, 0.1) is 12.5 Å². The summed E-state index contributed by atoms with van der Waals surface area (Å²) < 4.78 is 16.4. The Hall–Kier alpha value is -1.01. The first-order chi connectivity index (χ1) is 9.87. The van der Waals surface area contributed by atoms with Gasteiger partial charge in [0.15, 0.2) is 18.3 Å². The number of nitrogens with two attached hydrogens (primary N) is 1. The maximum atomic E-state index is 10.7. The van der Waals surface area contributed by atoms with Gasteiger partial charge in [-0.25, -0.2) is 4.99 Å². The lowest BCUT2D eigenvalue weighted by Gasteiger charge is -2.68. The predicted molar refractivity (Wildman–Crippen MR) is 62.4 cm³/mol. The highest BCUT2D eigenvalue weighted by atomic mass is 16.9. The SMILES string of the molecule is NC1=N[C@H]2O[C@@H]3[C@]4(O)O[C@@H]5[C@@H]2[C@]3(N1)[C@@H](O)[C@@H](O4)[C@]5(O)CO. The number of aliphatic imine (C=N–C) groups is 1. The number of hydrogen-bond acceptors (Lipinski definition) is 10. The fourth-order valence-electron chi connectivity index (χ4n) is 4.65. The largest absolute Gasteiger partial charge is 0.393 e. The van der Waals surface area contributed by atoms with Gasteiger partial charge >= 0.3 is 5.97 Å². The molecule has 0 amide bonds. The summed E-state index contributed by atoms with van der Waals surface area (Å²) in [5.74, 6) is -2.66. The third-order valence-corrected chi connectivity index (χ3v) is 5.44. The van der Waals surface area contributed by atoms with Crippen LogP contribution in [0.4, 0.5) is 0 Å². The molecule has 0 radical (unpaired) electrons. The summed E-state index contributed by atoms with van der Waals surface area (Å²) in [6, 6.07) is 0. The van der Waals surface area contributed by atoms with Crippen molar-refractivity contribution < 1.29 is 34.6 Å². The first kappa shape index (κ1) is 12.5. The molecule has 6 rings (SSSR count). The van der Waals surface area contributed by atoms with Gasteiger partial charge in [-0.05, 0) is 0 Å². The topological polar surface area (TPSA) is 159 Å². The molecule has 5 aliphatic heterocycles. The van der Waals surface area contributed by atoms with Crippen molar-refractivity contribution in [3.05, 3.63) is 0 Å². The van der Waals surface area contributed by atoms with Crippen molar-refractivity contribution in [2.45, 2.75) is 47.8 Å². The van der Waals surface area contributed by atoms with Gasteiger partial charge in [-0.2, -0.15) is 0 Å². The van der Waals surface area contributed by atoms with Crippen LogP contribution in [0.5, 0.6) is 0 Å². The van der Waals surface area contributed by atoms with Crippen LogP contribution >= 0.6 is 0 Å². The number of rotatable bonds is 1. The normalized spacial score (nSPS) is 66.2. The molecular formula is C11H15N3O7. The van der Waals surface area contributed by atoms with Crippen molar-refractivity contribution in [1.29, 1.82) is 0 Å². The lowest BCUT2D eigenvalue weighted by molar-refractivity contribution is -0.529. The first-order valence-electron chi connectivity index (χ1n) is 6.73. The van der Waals surface area contributed by atoms with Crippen molar-refractivity contribution in [2.24, 2.45) is 16.6 Å². The molecule has 21 heavy (non-hydrogen) atoms. The van der Waals surface area contributed by atoms with Crippen LogP contribution in [0.25, 0.3) is 0 Å². The number of ether oxygens (including phenoxy) is 3. The van der Waals surface area contributed by atoms with E-state index in [9.17, 15) is 20.4 Å². The van der Waals surface area contributed by atoms with E-state index in [0.717, 1.165) is 0 Å². The fourth-order valence-corrected chi connectivity index (χ4v) is 4.65. The average Bonchev–Trinajstić information content (AvgIpc) is 2.59. The minimum Gasteiger partial charge on any atom is -0.393 e. The van der Waals surface area contributed by atoms with Crippen molar-refractivity contribution in [3.63, 3.8) is 0 Å². The van der Waals surface area contributed by atoms with Gasteiger partial charge in [0.2, 0.25) is 0 Å². The number of guanidine groups is 1. The van der Waals surface area contributed by atoms with E-state index in [1.54, 1.807) is 0 Å². The van der Waals surface area contributed by atoms with Gasteiger partial charge < -0.3 is 45.7 Å². The van der Waals surface area contributed by atoms with Crippen molar-refractivity contribution in [1.82, 2.24) is 5.32 Å². The molecule has 5 fully saturated rings. The van der Waals surface area contributed by atoms with Gasteiger partial charge in [-0.3, -0.25) is 0 Å². The number of nitrogens with one attached hydrogen (secondary N) is 1. The minimum atomic E-state index is -2.13. The zero-order chi connectivity index (χ0) is 14.8. The highest BCUT2D eigenvalue weighted by molar-refractivity contribution is 5.80. The van der Waals surface area contributed by atoms with Crippen LogP contribution in [0.15, 0.2) is 4.99 Å². The molecule has 5 heterocycles. The Morgan fingerprint density at radius 3 is 2.71 bits per heavy atom. The van der Waals surface area contributed by atoms with Crippen LogP contribution < -0.4 is 11.1 Å². The number of aliphatic hydroxyl groups excluding tert-OH is 2. The van der Waals surface area contributed by atoms with Gasteiger partial charge in [0.1, 0.15) is 29.5 Å². The van der Waals surface area contributed by atoms with Gasteiger partial charge in [-0.1, -0.05) is 0 Å². The second-order valence-corrected chi connectivity index (χ2v) is 6.31. The van der Waals surface area contributed by atoms with Crippen LogP contribution in [0, 0.1) is 5.92 Å². The van der Waals surface area contributed by atoms with Gasteiger partial charge in [0, 0.05) is 0 Å². The lowest BCUT2D eigenvalue weighted by Crippen LogP contribution is -2.92. The summed E-state index contributed by atoms with van der Waals surface area (Å²) in [6.45, 7) is -0.696.